The maximum atomic E-state index is 14.3. The number of aromatic nitrogens is 3. The van der Waals surface area contributed by atoms with Gasteiger partial charge >= 0.3 is 0 Å². The Morgan fingerprint density at radius 3 is 1.83 bits per heavy atom. The Morgan fingerprint density at radius 2 is 1.20 bits per heavy atom. The van der Waals surface area contributed by atoms with E-state index in [-0.39, 0.29) is 44.7 Å². The molecule has 3 aromatic carbocycles. The molecule has 0 spiro atoms. The van der Waals surface area contributed by atoms with Crippen molar-refractivity contribution in [3.63, 3.8) is 0 Å². The van der Waals surface area contributed by atoms with E-state index in [2.05, 4.69) is 25.0 Å². The summed E-state index contributed by atoms with van der Waals surface area (Å²) in [5.41, 5.74) is 3.28. The number of pyridine rings is 1. The van der Waals surface area contributed by atoms with Crippen molar-refractivity contribution in [2.75, 3.05) is 73.5 Å². The van der Waals surface area contributed by atoms with E-state index in [1.807, 2.05) is 12.1 Å². The summed E-state index contributed by atoms with van der Waals surface area (Å²) < 4.78 is 69.3. The monoisotopic (exact) mass is 942 g/mol. The van der Waals surface area contributed by atoms with Crippen molar-refractivity contribution in [1.29, 1.82) is 0 Å². The molecule has 6 aromatic rings. The first-order valence-corrected chi connectivity index (χ1v) is 24.6. The molecule has 3 aromatic heterocycles. The van der Waals surface area contributed by atoms with Crippen molar-refractivity contribution in [3.05, 3.63) is 119 Å². The van der Waals surface area contributed by atoms with E-state index in [9.17, 15) is 31.2 Å². The molecule has 0 saturated carbocycles. The first-order chi connectivity index (χ1) is 30.9. The number of carbonyl (C=O) groups is 3. The number of nitrogens with one attached hydrogen (secondary N) is 2. The third-order valence-electron chi connectivity index (χ3n) is 10.3. The van der Waals surface area contributed by atoms with Gasteiger partial charge in [-0.05, 0) is 70.8 Å². The van der Waals surface area contributed by atoms with E-state index in [1.54, 1.807) is 70.7 Å². The lowest BCUT2D eigenvalue weighted by Crippen LogP contribution is -2.41. The fraction of sp³-hybridized carbons (Fsp3) is 0.256. The lowest BCUT2D eigenvalue weighted by molar-refractivity contribution is -0.135. The summed E-state index contributed by atoms with van der Waals surface area (Å²) in [5, 5.41) is 2.95. The zero-order chi connectivity index (χ0) is 44.7. The number of sulfonamides is 2. The van der Waals surface area contributed by atoms with Crippen molar-refractivity contribution in [3.8, 4) is 22.3 Å². The van der Waals surface area contributed by atoms with Crippen molar-refractivity contribution >= 4 is 76.4 Å². The first kappa shape index (κ1) is 44.5. The number of hydrogen-bond acceptors (Lipinski definition) is 14. The molecule has 64 heavy (non-hydrogen) atoms. The molecule has 5 heterocycles. The third kappa shape index (κ3) is 10.8. The molecular weight excluding hydrogens is 901 g/mol. The lowest BCUT2D eigenvalue weighted by Gasteiger charge is -2.26. The summed E-state index contributed by atoms with van der Waals surface area (Å²) in [6.45, 7) is 3.17. The summed E-state index contributed by atoms with van der Waals surface area (Å²) >= 11 is 2.11. The number of nitrogens with zero attached hydrogens (tertiary/aromatic N) is 6. The minimum Gasteiger partial charge on any atom is -0.378 e. The highest BCUT2D eigenvalue weighted by molar-refractivity contribution is 7.93. The maximum absolute atomic E-state index is 14.3. The molecule has 2 saturated heterocycles. The van der Waals surface area contributed by atoms with Crippen LogP contribution in [0.25, 0.3) is 22.3 Å². The van der Waals surface area contributed by atoms with Gasteiger partial charge in [-0.3, -0.25) is 24.1 Å². The van der Waals surface area contributed by atoms with Crippen LogP contribution in [0.4, 0.5) is 16.0 Å². The summed E-state index contributed by atoms with van der Waals surface area (Å²) in [7, 11) is -8.37. The maximum Gasteiger partial charge on any atom is 0.266 e. The first-order valence-electron chi connectivity index (χ1n) is 20.1. The van der Waals surface area contributed by atoms with Gasteiger partial charge in [0.2, 0.25) is 17.7 Å². The van der Waals surface area contributed by atoms with Gasteiger partial charge in [0.1, 0.15) is 6.54 Å². The molecule has 2 aliphatic heterocycles. The third-order valence-corrected chi connectivity index (χ3v) is 15.6. The van der Waals surface area contributed by atoms with Crippen molar-refractivity contribution in [2.45, 2.75) is 22.6 Å². The molecule has 8 rings (SSSR count). The second-order valence-electron chi connectivity index (χ2n) is 14.6. The molecule has 332 valence electrons. The number of hydrogen-bond donors (Lipinski definition) is 2. The standard InChI is InChI=1S/C43H42N8O9S4/c52-39(29-51(43-46-28-36(62-43)26-41(54)50-18-22-60-23-19-50)64(57,58)38-10-6-30(7-11-38)32-12-14-44-15-13-32)47-34-3-1-2-33(24-34)31-4-8-37(9-5-31)63(55,56)48-42-45-27-35(61-42)25-40(53)49-16-20-59-21-17-49/h1-15,24,27-28H,16-23,25-26,29H2,(H,45,48)(H,47,52). The molecule has 0 bridgehead atoms. The van der Waals surface area contributed by atoms with Crippen LogP contribution in [-0.2, 0) is 56.7 Å². The fourth-order valence-electron chi connectivity index (χ4n) is 6.93. The topological polar surface area (TPSA) is 210 Å². The quantitative estimate of drug-likeness (QED) is 0.143. The van der Waals surface area contributed by atoms with E-state index in [1.165, 1.54) is 36.7 Å². The number of rotatable bonds is 15. The number of thiazole rings is 2. The Labute approximate surface area is 377 Å². The van der Waals surface area contributed by atoms with Gasteiger partial charge in [-0.2, -0.15) is 0 Å². The number of amides is 3. The van der Waals surface area contributed by atoms with Crippen LogP contribution in [0, 0.1) is 0 Å². The molecule has 0 unspecified atom stereocenters. The molecule has 0 radical (unpaired) electrons. The Bertz CT molecular complexity index is 2830. The molecule has 3 amide bonds. The normalized spacial score (nSPS) is 14.5. The van der Waals surface area contributed by atoms with Crippen LogP contribution in [0.3, 0.4) is 0 Å². The van der Waals surface area contributed by atoms with Crippen LogP contribution in [0.5, 0.6) is 0 Å². The van der Waals surface area contributed by atoms with E-state index < -0.39 is 32.5 Å². The SMILES string of the molecule is O=C(CN(c1ncc(CC(=O)N2CCOCC2)s1)S(=O)(=O)c1ccc(-c2ccncc2)cc1)Nc1cccc(-c2ccc(S(=O)(=O)Nc3ncc(CC(=O)N4CCOCC4)s3)cc2)c1. The highest BCUT2D eigenvalue weighted by Crippen LogP contribution is 2.31. The Balaban J connectivity index is 0.953. The Morgan fingerprint density at radius 1 is 0.656 bits per heavy atom. The van der Waals surface area contributed by atoms with E-state index >= 15 is 0 Å². The fourth-order valence-corrected chi connectivity index (χ4v) is 11.5. The van der Waals surface area contributed by atoms with Gasteiger partial charge in [-0.15, -0.1) is 22.7 Å². The number of ether oxygens (including phenoxy) is 2. The molecule has 21 heteroatoms. The lowest BCUT2D eigenvalue weighted by atomic mass is 10.1. The predicted molar refractivity (Wildman–Crippen MR) is 242 cm³/mol. The van der Waals surface area contributed by atoms with Gasteiger partial charge in [0.25, 0.3) is 20.0 Å². The van der Waals surface area contributed by atoms with Gasteiger partial charge < -0.3 is 24.6 Å². The van der Waals surface area contributed by atoms with E-state index in [0.29, 0.717) is 79.2 Å². The second kappa shape index (κ2) is 19.7. The smallest absolute Gasteiger partial charge is 0.266 e. The minimum absolute atomic E-state index is 0.00837. The average molecular weight is 943 g/mol. The van der Waals surface area contributed by atoms with Gasteiger partial charge in [-0.25, -0.2) is 31.1 Å². The zero-order valence-electron chi connectivity index (χ0n) is 34.2. The highest BCUT2D eigenvalue weighted by atomic mass is 32.2. The number of morpholine rings is 2. The molecular formula is C43H42N8O9S4. The Hall–Kier alpha value is -6.10. The molecule has 0 atom stereocenters. The number of anilines is 3. The minimum atomic E-state index is -4.35. The van der Waals surface area contributed by atoms with Crippen LogP contribution >= 0.6 is 22.7 Å². The summed E-state index contributed by atoms with van der Waals surface area (Å²) in [5.74, 6) is -0.863. The van der Waals surface area contributed by atoms with Crippen LogP contribution < -0.4 is 14.3 Å². The molecule has 0 aliphatic carbocycles. The summed E-state index contributed by atoms with van der Waals surface area (Å²) in [4.78, 5) is 56.5. The van der Waals surface area contributed by atoms with E-state index in [0.717, 1.165) is 38.1 Å². The molecule has 17 nitrogen and oxygen atoms in total. The van der Waals surface area contributed by atoms with Gasteiger partial charge in [0.05, 0.1) is 49.1 Å². The van der Waals surface area contributed by atoms with Crippen LogP contribution in [-0.4, -0.2) is 118 Å². The van der Waals surface area contributed by atoms with Crippen molar-refractivity contribution < 1.29 is 40.7 Å². The average Bonchev–Trinajstić information content (AvgIpc) is 3.97. The summed E-state index contributed by atoms with van der Waals surface area (Å²) in [6.07, 6.45) is 6.35. The largest absolute Gasteiger partial charge is 0.378 e. The Kier molecular flexibility index (Phi) is 13.7. The van der Waals surface area contributed by atoms with Crippen molar-refractivity contribution in [2.24, 2.45) is 0 Å². The second-order valence-corrected chi connectivity index (χ2v) is 20.4. The number of carbonyl (C=O) groups excluding carboxylic acids is 3. The van der Waals surface area contributed by atoms with E-state index in [4.69, 9.17) is 9.47 Å². The van der Waals surface area contributed by atoms with Crippen LogP contribution in [0.2, 0.25) is 0 Å². The van der Waals surface area contributed by atoms with Crippen LogP contribution in [0.1, 0.15) is 9.75 Å². The predicted octanol–water partition coefficient (Wildman–Crippen LogP) is 4.77. The molecule has 2 fully saturated rings. The summed E-state index contributed by atoms with van der Waals surface area (Å²) in [6, 6.07) is 22.9. The van der Waals surface area contributed by atoms with Gasteiger partial charge in [0.15, 0.2) is 10.3 Å². The van der Waals surface area contributed by atoms with Crippen molar-refractivity contribution in [1.82, 2.24) is 24.8 Å². The number of benzene rings is 3. The van der Waals surface area contributed by atoms with Crippen LogP contribution in [0.15, 0.2) is 120 Å². The highest BCUT2D eigenvalue weighted by Gasteiger charge is 2.31. The molecule has 2 N–H and O–H groups in total. The van der Waals surface area contributed by atoms with Gasteiger partial charge in [0, 0.05) is 66.4 Å². The zero-order valence-corrected chi connectivity index (χ0v) is 37.4. The molecule has 2 aliphatic rings. The van der Waals surface area contributed by atoms with Gasteiger partial charge in [-0.1, -0.05) is 36.4 Å².